The molecule has 1 saturated heterocycles. The maximum Gasteiger partial charge on any atom is 0.198 e. The summed E-state index contributed by atoms with van der Waals surface area (Å²) in [5.41, 5.74) is 5.97. The highest BCUT2D eigenvalue weighted by atomic mass is 32.1. The lowest BCUT2D eigenvalue weighted by Gasteiger charge is -2.40. The molecule has 0 bridgehead atoms. The van der Waals surface area contributed by atoms with E-state index in [1.165, 1.54) is 26.8 Å². The molecule has 3 heterocycles. The van der Waals surface area contributed by atoms with E-state index < -0.39 is 18.0 Å². The number of aliphatic hydroxyl groups is 2. The van der Waals surface area contributed by atoms with Gasteiger partial charge in [-0.25, -0.2) is 0 Å². The summed E-state index contributed by atoms with van der Waals surface area (Å²) in [6.45, 7) is 2.46. The van der Waals surface area contributed by atoms with Gasteiger partial charge in [-0.3, -0.25) is 0 Å². The molecule has 3 aromatic rings. The maximum absolute atomic E-state index is 10.3. The predicted octanol–water partition coefficient (Wildman–Crippen LogP) is 4.02. The first-order valence-corrected chi connectivity index (χ1v) is 10.6. The summed E-state index contributed by atoms with van der Waals surface area (Å²) in [7, 11) is 0. The fourth-order valence-electron chi connectivity index (χ4n) is 4.42. The second-order valence-electron chi connectivity index (χ2n) is 7.99. The van der Waals surface area contributed by atoms with Crippen molar-refractivity contribution >= 4 is 21.4 Å². The first-order chi connectivity index (χ1) is 13.6. The van der Waals surface area contributed by atoms with Crippen molar-refractivity contribution in [2.24, 2.45) is 0 Å². The molecular formula is C23H24O4S. The summed E-state index contributed by atoms with van der Waals surface area (Å²) in [6.07, 6.45) is 0.785. The molecule has 2 aromatic carbocycles. The van der Waals surface area contributed by atoms with Gasteiger partial charge in [-0.1, -0.05) is 29.8 Å². The zero-order valence-electron chi connectivity index (χ0n) is 15.9. The zero-order chi connectivity index (χ0) is 19.3. The minimum Gasteiger partial charge on any atom is -0.394 e. The predicted molar refractivity (Wildman–Crippen MR) is 109 cm³/mol. The standard InChI is InChI=1S/C23H24O4S/c1-14-2-4-15(5-3-14)6-17-13-28-22-7-16-12-26-23(21(16)9-20(17)22)10-18(25)8-19(11-24)27-23/h2-5,7,9,13,18-19,24-25H,6,8,10-12H2,1H3/t18?,19?,23-/m1/s1. The Morgan fingerprint density at radius 1 is 1.21 bits per heavy atom. The van der Waals surface area contributed by atoms with Crippen LogP contribution in [0.4, 0.5) is 0 Å². The number of benzene rings is 2. The van der Waals surface area contributed by atoms with Gasteiger partial charge in [-0.2, -0.15) is 0 Å². The fourth-order valence-corrected chi connectivity index (χ4v) is 5.42. The van der Waals surface area contributed by atoms with Crippen LogP contribution < -0.4 is 0 Å². The Bertz CT molecular complexity index is 1010. The summed E-state index contributed by atoms with van der Waals surface area (Å²) in [5, 5.41) is 23.4. The van der Waals surface area contributed by atoms with E-state index in [0.29, 0.717) is 19.4 Å². The van der Waals surface area contributed by atoms with Gasteiger partial charge in [0.25, 0.3) is 0 Å². The number of fused-ring (bicyclic) bond motifs is 3. The van der Waals surface area contributed by atoms with E-state index in [1.54, 1.807) is 11.3 Å². The monoisotopic (exact) mass is 396 g/mol. The van der Waals surface area contributed by atoms with E-state index in [1.807, 2.05) is 0 Å². The summed E-state index contributed by atoms with van der Waals surface area (Å²) < 4.78 is 13.5. The Kier molecular flexibility index (Phi) is 4.53. The Morgan fingerprint density at radius 3 is 2.82 bits per heavy atom. The molecule has 146 valence electrons. The number of hydrogen-bond acceptors (Lipinski definition) is 5. The highest BCUT2D eigenvalue weighted by molar-refractivity contribution is 7.17. The van der Waals surface area contributed by atoms with Crippen molar-refractivity contribution in [3.8, 4) is 0 Å². The SMILES string of the molecule is Cc1ccc(Cc2csc3cc4c(cc23)[C@]2(CC(O)CC(CO)O2)OC4)cc1. The number of aryl methyl sites for hydroxylation is 1. The average molecular weight is 397 g/mol. The number of hydrogen-bond donors (Lipinski definition) is 2. The third kappa shape index (κ3) is 3.08. The second kappa shape index (κ2) is 6.94. The van der Waals surface area contributed by atoms with Gasteiger partial charge in [-0.15, -0.1) is 11.3 Å². The molecule has 28 heavy (non-hydrogen) atoms. The van der Waals surface area contributed by atoms with Crippen LogP contribution in [0.15, 0.2) is 41.8 Å². The number of rotatable bonds is 3. The average Bonchev–Trinajstić information content (AvgIpc) is 3.23. The van der Waals surface area contributed by atoms with Crippen LogP contribution in [0.5, 0.6) is 0 Å². The van der Waals surface area contributed by atoms with Crippen molar-refractivity contribution in [2.75, 3.05) is 6.61 Å². The van der Waals surface area contributed by atoms with Gasteiger partial charge < -0.3 is 19.7 Å². The van der Waals surface area contributed by atoms with E-state index in [0.717, 1.165) is 17.5 Å². The van der Waals surface area contributed by atoms with Gasteiger partial charge in [0.05, 0.1) is 25.4 Å². The lowest BCUT2D eigenvalue weighted by atomic mass is 9.90. The Balaban J connectivity index is 1.54. The van der Waals surface area contributed by atoms with Crippen molar-refractivity contribution < 1.29 is 19.7 Å². The van der Waals surface area contributed by atoms with Gasteiger partial charge in [0.2, 0.25) is 0 Å². The second-order valence-corrected chi connectivity index (χ2v) is 8.90. The molecule has 0 amide bonds. The largest absolute Gasteiger partial charge is 0.394 e. The van der Waals surface area contributed by atoms with Gasteiger partial charge in [0, 0.05) is 23.1 Å². The van der Waals surface area contributed by atoms with Crippen molar-refractivity contribution in [3.05, 3.63) is 69.6 Å². The van der Waals surface area contributed by atoms with Gasteiger partial charge in [-0.05, 0) is 52.9 Å². The molecule has 2 aliphatic rings. The van der Waals surface area contributed by atoms with Crippen LogP contribution in [0.3, 0.4) is 0 Å². The van der Waals surface area contributed by atoms with Crippen LogP contribution >= 0.6 is 11.3 Å². The van der Waals surface area contributed by atoms with E-state index in [2.05, 4.69) is 48.7 Å². The molecule has 0 radical (unpaired) electrons. The third-order valence-electron chi connectivity index (χ3n) is 5.87. The molecule has 5 rings (SSSR count). The van der Waals surface area contributed by atoms with Crippen molar-refractivity contribution in [1.29, 1.82) is 0 Å². The highest BCUT2D eigenvalue weighted by Gasteiger charge is 2.48. The van der Waals surface area contributed by atoms with Crippen LogP contribution in [0.2, 0.25) is 0 Å². The summed E-state index contributed by atoms with van der Waals surface area (Å²) >= 11 is 1.76. The molecule has 5 heteroatoms. The molecule has 1 spiro atoms. The Morgan fingerprint density at radius 2 is 2.04 bits per heavy atom. The van der Waals surface area contributed by atoms with Crippen LogP contribution in [0.1, 0.15) is 40.7 Å². The number of thiophene rings is 1. The highest BCUT2D eigenvalue weighted by Crippen LogP contribution is 2.47. The van der Waals surface area contributed by atoms with Crippen molar-refractivity contribution in [3.63, 3.8) is 0 Å². The number of ether oxygens (including phenoxy) is 2. The van der Waals surface area contributed by atoms with Gasteiger partial charge >= 0.3 is 0 Å². The minimum absolute atomic E-state index is 0.114. The lowest BCUT2D eigenvalue weighted by molar-refractivity contribution is -0.302. The van der Waals surface area contributed by atoms with E-state index >= 15 is 0 Å². The Hall–Kier alpha value is -1.76. The topological polar surface area (TPSA) is 58.9 Å². The molecule has 2 aliphatic heterocycles. The first kappa shape index (κ1) is 18.3. The molecule has 2 unspecified atom stereocenters. The molecule has 3 atom stereocenters. The van der Waals surface area contributed by atoms with Gasteiger partial charge in [0.1, 0.15) is 0 Å². The summed E-state index contributed by atoms with van der Waals surface area (Å²) in [5.74, 6) is -0.947. The number of aliphatic hydroxyl groups excluding tert-OH is 2. The van der Waals surface area contributed by atoms with Crippen molar-refractivity contribution in [2.45, 2.75) is 50.8 Å². The molecule has 0 aliphatic carbocycles. The van der Waals surface area contributed by atoms with E-state index in [-0.39, 0.29) is 6.61 Å². The summed E-state index contributed by atoms with van der Waals surface area (Å²) in [4.78, 5) is 0. The van der Waals surface area contributed by atoms with Crippen molar-refractivity contribution in [1.82, 2.24) is 0 Å². The van der Waals surface area contributed by atoms with Crippen LogP contribution in [-0.4, -0.2) is 29.0 Å². The maximum atomic E-state index is 10.3. The third-order valence-corrected chi connectivity index (χ3v) is 6.86. The normalized spacial score (nSPS) is 26.8. The molecular weight excluding hydrogens is 372 g/mol. The molecule has 2 N–H and O–H groups in total. The van der Waals surface area contributed by atoms with E-state index in [4.69, 9.17) is 9.47 Å². The zero-order valence-corrected chi connectivity index (χ0v) is 16.7. The minimum atomic E-state index is -0.947. The molecule has 1 fully saturated rings. The van der Waals surface area contributed by atoms with Crippen LogP contribution in [-0.2, 0) is 28.3 Å². The Labute approximate surface area is 168 Å². The molecule has 0 saturated carbocycles. The molecule has 4 nitrogen and oxygen atoms in total. The van der Waals surface area contributed by atoms with Crippen LogP contribution in [0.25, 0.3) is 10.1 Å². The first-order valence-electron chi connectivity index (χ1n) is 9.76. The fraction of sp³-hybridized carbons (Fsp3) is 0.391. The molecule has 1 aromatic heterocycles. The quantitative estimate of drug-likeness (QED) is 0.702. The smallest absolute Gasteiger partial charge is 0.198 e. The summed E-state index contributed by atoms with van der Waals surface area (Å²) in [6, 6.07) is 13.0. The van der Waals surface area contributed by atoms with Gasteiger partial charge in [0.15, 0.2) is 5.79 Å². The lowest BCUT2D eigenvalue weighted by Crippen LogP contribution is -2.45. The van der Waals surface area contributed by atoms with E-state index in [9.17, 15) is 10.2 Å². The van der Waals surface area contributed by atoms with Crippen LogP contribution in [0, 0.1) is 6.92 Å².